The van der Waals surface area contributed by atoms with E-state index in [1.165, 1.54) is 63.4 Å². The highest BCUT2D eigenvalue weighted by atomic mass is 16.1. The minimum atomic E-state index is 0.274. The number of carbonyl (C=O) groups excluding carboxylic acids is 1. The van der Waals surface area contributed by atoms with E-state index in [1.54, 1.807) is 0 Å². The van der Waals surface area contributed by atoms with Crippen molar-refractivity contribution < 1.29 is 4.79 Å². The van der Waals surface area contributed by atoms with E-state index in [1.807, 2.05) is 0 Å². The molecule has 1 saturated carbocycles. The van der Waals surface area contributed by atoms with Crippen LogP contribution in [0.2, 0.25) is 0 Å². The van der Waals surface area contributed by atoms with E-state index in [4.69, 9.17) is 0 Å². The second kappa shape index (κ2) is 11.3. The molecule has 1 N–H and O–H groups in total. The summed E-state index contributed by atoms with van der Waals surface area (Å²) in [4.78, 5) is 12.3. The van der Waals surface area contributed by atoms with Gasteiger partial charge in [0.05, 0.1) is 0 Å². The Balaban J connectivity index is 1.76. The Labute approximate surface area is 148 Å². The Bertz CT molecular complexity index is 450. The molecule has 1 fully saturated rings. The first-order valence-corrected chi connectivity index (χ1v) is 10.1. The first-order valence-electron chi connectivity index (χ1n) is 10.1. The van der Waals surface area contributed by atoms with Crippen LogP contribution in [0.25, 0.3) is 0 Å². The van der Waals surface area contributed by atoms with Crippen LogP contribution in [0.15, 0.2) is 30.3 Å². The van der Waals surface area contributed by atoms with Gasteiger partial charge in [-0.3, -0.25) is 4.79 Å². The standard InChI is InChI=1S/C22H35NO/c1-2-3-6-11-20(18-19-12-7-4-8-13-19)16-17-22(24)23-21-14-9-5-10-15-21/h4,7-8,12-13,20-21H,2-3,5-6,9-11,14-18H2,1H3,(H,23,24). The van der Waals surface area contributed by atoms with E-state index in [9.17, 15) is 4.79 Å². The molecular weight excluding hydrogens is 294 g/mol. The minimum Gasteiger partial charge on any atom is -0.353 e. The zero-order valence-corrected chi connectivity index (χ0v) is 15.4. The van der Waals surface area contributed by atoms with Crippen LogP contribution in [0.1, 0.15) is 83.1 Å². The van der Waals surface area contributed by atoms with Crippen LogP contribution in [-0.4, -0.2) is 11.9 Å². The predicted octanol–water partition coefficient (Wildman–Crippen LogP) is 5.65. The molecule has 1 aromatic carbocycles. The van der Waals surface area contributed by atoms with E-state index in [2.05, 4.69) is 42.6 Å². The molecule has 0 spiro atoms. The SMILES string of the molecule is CCCCCC(CCC(=O)NC1CCCCC1)Cc1ccccc1. The van der Waals surface area contributed by atoms with Gasteiger partial charge in [-0.25, -0.2) is 0 Å². The zero-order valence-electron chi connectivity index (χ0n) is 15.4. The highest BCUT2D eigenvalue weighted by Gasteiger charge is 2.17. The molecule has 0 radical (unpaired) electrons. The summed E-state index contributed by atoms with van der Waals surface area (Å²) in [6.45, 7) is 2.25. The summed E-state index contributed by atoms with van der Waals surface area (Å²) in [7, 11) is 0. The van der Waals surface area contributed by atoms with Crippen molar-refractivity contribution in [2.24, 2.45) is 5.92 Å². The molecule has 0 aliphatic heterocycles. The second-order valence-corrected chi connectivity index (χ2v) is 7.49. The second-order valence-electron chi connectivity index (χ2n) is 7.49. The Morgan fingerprint density at radius 3 is 2.54 bits per heavy atom. The molecule has 1 amide bonds. The van der Waals surface area contributed by atoms with E-state index >= 15 is 0 Å². The lowest BCUT2D eigenvalue weighted by atomic mass is 9.89. The molecule has 1 aromatic rings. The number of hydrogen-bond donors (Lipinski definition) is 1. The van der Waals surface area contributed by atoms with Gasteiger partial charge in [-0.1, -0.05) is 82.2 Å². The Morgan fingerprint density at radius 1 is 1.08 bits per heavy atom. The van der Waals surface area contributed by atoms with Gasteiger partial charge >= 0.3 is 0 Å². The number of rotatable bonds is 10. The van der Waals surface area contributed by atoms with Crippen LogP contribution >= 0.6 is 0 Å². The normalized spacial score (nSPS) is 16.7. The fourth-order valence-corrected chi connectivity index (χ4v) is 3.86. The summed E-state index contributed by atoms with van der Waals surface area (Å²) < 4.78 is 0. The highest BCUT2D eigenvalue weighted by molar-refractivity contribution is 5.76. The molecule has 1 aliphatic rings. The lowest BCUT2D eigenvalue weighted by Gasteiger charge is -2.23. The van der Waals surface area contributed by atoms with E-state index in [0.29, 0.717) is 18.4 Å². The van der Waals surface area contributed by atoms with Gasteiger partial charge in [0.1, 0.15) is 0 Å². The number of hydrogen-bond acceptors (Lipinski definition) is 1. The Morgan fingerprint density at radius 2 is 1.83 bits per heavy atom. The molecule has 0 saturated heterocycles. The van der Waals surface area contributed by atoms with E-state index in [0.717, 1.165) is 12.8 Å². The van der Waals surface area contributed by atoms with Crippen LogP contribution in [0.3, 0.4) is 0 Å². The molecule has 1 aliphatic carbocycles. The molecule has 134 valence electrons. The van der Waals surface area contributed by atoms with Gasteiger partial charge in [0.25, 0.3) is 0 Å². The summed E-state index contributed by atoms with van der Waals surface area (Å²) in [5.41, 5.74) is 1.41. The van der Waals surface area contributed by atoms with Gasteiger partial charge < -0.3 is 5.32 Å². The third kappa shape index (κ3) is 7.51. The number of unbranched alkanes of at least 4 members (excludes halogenated alkanes) is 2. The third-order valence-electron chi connectivity index (χ3n) is 5.33. The first-order chi connectivity index (χ1) is 11.8. The lowest BCUT2D eigenvalue weighted by Crippen LogP contribution is -2.36. The summed E-state index contributed by atoms with van der Waals surface area (Å²) in [5.74, 6) is 0.909. The van der Waals surface area contributed by atoms with Crippen molar-refractivity contribution >= 4 is 5.91 Å². The van der Waals surface area contributed by atoms with Crippen LogP contribution < -0.4 is 5.32 Å². The van der Waals surface area contributed by atoms with Gasteiger partial charge in [-0.05, 0) is 37.2 Å². The summed E-state index contributed by atoms with van der Waals surface area (Å²) in [6, 6.07) is 11.2. The van der Waals surface area contributed by atoms with Crippen molar-refractivity contribution in [2.75, 3.05) is 0 Å². The topological polar surface area (TPSA) is 29.1 Å². The molecular formula is C22H35NO. The number of nitrogens with one attached hydrogen (secondary N) is 1. The quantitative estimate of drug-likeness (QED) is 0.552. The van der Waals surface area contributed by atoms with E-state index < -0.39 is 0 Å². The van der Waals surface area contributed by atoms with E-state index in [-0.39, 0.29) is 5.91 Å². The summed E-state index contributed by atoms with van der Waals surface area (Å²) in [5, 5.41) is 3.27. The largest absolute Gasteiger partial charge is 0.353 e. The van der Waals surface area contributed by atoms with Crippen LogP contribution in [-0.2, 0) is 11.2 Å². The maximum atomic E-state index is 12.3. The van der Waals surface area contributed by atoms with Gasteiger partial charge in [0, 0.05) is 12.5 Å². The highest BCUT2D eigenvalue weighted by Crippen LogP contribution is 2.22. The third-order valence-corrected chi connectivity index (χ3v) is 5.33. The van der Waals surface area contributed by atoms with Crippen molar-refractivity contribution in [3.63, 3.8) is 0 Å². The number of amides is 1. The molecule has 0 heterocycles. The van der Waals surface area contributed by atoms with Crippen LogP contribution in [0, 0.1) is 5.92 Å². The molecule has 2 rings (SSSR count). The zero-order chi connectivity index (χ0) is 17.0. The minimum absolute atomic E-state index is 0.274. The molecule has 2 heteroatoms. The number of benzene rings is 1. The van der Waals surface area contributed by atoms with Gasteiger partial charge in [-0.2, -0.15) is 0 Å². The average Bonchev–Trinajstić information content (AvgIpc) is 2.61. The van der Waals surface area contributed by atoms with Crippen LogP contribution in [0.5, 0.6) is 0 Å². The smallest absolute Gasteiger partial charge is 0.220 e. The molecule has 1 atom stereocenters. The van der Waals surface area contributed by atoms with Gasteiger partial charge in [0.2, 0.25) is 5.91 Å². The molecule has 2 nitrogen and oxygen atoms in total. The van der Waals surface area contributed by atoms with Crippen molar-refractivity contribution in [3.8, 4) is 0 Å². The van der Waals surface area contributed by atoms with Crippen molar-refractivity contribution in [3.05, 3.63) is 35.9 Å². The Kier molecular flexibility index (Phi) is 8.94. The first kappa shape index (κ1) is 19.0. The summed E-state index contributed by atoms with van der Waals surface area (Å²) in [6.07, 6.45) is 14.2. The molecule has 24 heavy (non-hydrogen) atoms. The summed E-state index contributed by atoms with van der Waals surface area (Å²) >= 11 is 0. The molecule has 1 unspecified atom stereocenters. The van der Waals surface area contributed by atoms with Gasteiger partial charge in [0.15, 0.2) is 0 Å². The maximum absolute atomic E-state index is 12.3. The number of carbonyl (C=O) groups is 1. The maximum Gasteiger partial charge on any atom is 0.220 e. The monoisotopic (exact) mass is 329 g/mol. The van der Waals surface area contributed by atoms with Crippen molar-refractivity contribution in [2.45, 2.75) is 90.0 Å². The Hall–Kier alpha value is -1.31. The lowest BCUT2D eigenvalue weighted by molar-refractivity contribution is -0.122. The fourth-order valence-electron chi connectivity index (χ4n) is 3.86. The average molecular weight is 330 g/mol. The fraction of sp³-hybridized carbons (Fsp3) is 0.682. The predicted molar refractivity (Wildman–Crippen MR) is 102 cm³/mol. The molecule has 0 bridgehead atoms. The van der Waals surface area contributed by atoms with Crippen molar-refractivity contribution in [1.29, 1.82) is 0 Å². The van der Waals surface area contributed by atoms with Crippen LogP contribution in [0.4, 0.5) is 0 Å². The van der Waals surface area contributed by atoms with Crippen molar-refractivity contribution in [1.82, 2.24) is 5.32 Å². The molecule has 0 aromatic heterocycles. The van der Waals surface area contributed by atoms with Gasteiger partial charge in [-0.15, -0.1) is 0 Å².